The van der Waals surface area contributed by atoms with Gasteiger partial charge >= 0.3 is 0 Å². The lowest BCUT2D eigenvalue weighted by Crippen LogP contribution is -2.27. The van der Waals surface area contributed by atoms with Crippen LogP contribution in [0.2, 0.25) is 0 Å². The molecule has 19 heavy (non-hydrogen) atoms. The third-order valence-electron chi connectivity index (χ3n) is 3.61. The van der Waals surface area contributed by atoms with Crippen LogP contribution in [0.15, 0.2) is 24.3 Å². The minimum absolute atomic E-state index is 0.0340. The van der Waals surface area contributed by atoms with Crippen LogP contribution in [0.4, 0.5) is 0 Å². The molecule has 1 aromatic carbocycles. The van der Waals surface area contributed by atoms with Gasteiger partial charge in [-0.15, -0.1) is 0 Å². The molecule has 0 radical (unpaired) electrons. The van der Waals surface area contributed by atoms with Crippen molar-refractivity contribution in [1.82, 2.24) is 4.90 Å². The number of rotatable bonds is 2. The summed E-state index contributed by atoms with van der Waals surface area (Å²) < 4.78 is 5.45. The minimum Gasteiger partial charge on any atom is -0.493 e. The Morgan fingerprint density at radius 2 is 2.37 bits per heavy atom. The van der Waals surface area contributed by atoms with Gasteiger partial charge in [0.1, 0.15) is 5.75 Å². The number of amides is 1. The van der Waals surface area contributed by atoms with Crippen molar-refractivity contribution in [3.8, 4) is 5.75 Å². The van der Waals surface area contributed by atoms with Crippen LogP contribution in [0.3, 0.4) is 0 Å². The molecule has 1 atom stereocenters. The molecule has 100 valence electrons. The van der Waals surface area contributed by atoms with E-state index < -0.39 is 0 Å². The normalized spacial score (nSPS) is 21.7. The van der Waals surface area contributed by atoms with Gasteiger partial charge in [-0.05, 0) is 35.8 Å². The van der Waals surface area contributed by atoms with Gasteiger partial charge in [-0.2, -0.15) is 0 Å². The van der Waals surface area contributed by atoms with Gasteiger partial charge in [0, 0.05) is 25.6 Å². The number of nitrogens with zero attached hydrogens (tertiary/aromatic N) is 1. The lowest BCUT2D eigenvalue weighted by Gasteiger charge is -2.12. The Balaban J connectivity index is 1.67. The van der Waals surface area contributed by atoms with Gasteiger partial charge in [-0.1, -0.05) is 6.07 Å². The molecular formula is C15H17NO3. The SMILES string of the molecule is O=C(C=Cc1ccc2c(c1)CCO2)N1CC[C@H](O)C1. The lowest BCUT2D eigenvalue weighted by molar-refractivity contribution is -0.125. The highest BCUT2D eigenvalue weighted by molar-refractivity contribution is 5.92. The second-order valence-corrected chi connectivity index (χ2v) is 5.03. The molecule has 1 fully saturated rings. The highest BCUT2D eigenvalue weighted by Crippen LogP contribution is 2.26. The van der Waals surface area contributed by atoms with E-state index in [1.807, 2.05) is 18.2 Å². The largest absolute Gasteiger partial charge is 0.493 e. The molecule has 3 rings (SSSR count). The van der Waals surface area contributed by atoms with Crippen molar-refractivity contribution in [3.63, 3.8) is 0 Å². The van der Waals surface area contributed by atoms with Crippen LogP contribution in [0.5, 0.6) is 5.75 Å². The van der Waals surface area contributed by atoms with Crippen molar-refractivity contribution < 1.29 is 14.6 Å². The monoisotopic (exact) mass is 259 g/mol. The molecule has 2 aliphatic heterocycles. The van der Waals surface area contributed by atoms with Gasteiger partial charge in [0.25, 0.3) is 0 Å². The van der Waals surface area contributed by atoms with Crippen molar-refractivity contribution in [2.24, 2.45) is 0 Å². The lowest BCUT2D eigenvalue weighted by atomic mass is 10.1. The molecule has 0 saturated carbocycles. The first kappa shape index (κ1) is 12.2. The molecule has 1 amide bonds. The quantitative estimate of drug-likeness (QED) is 0.813. The summed E-state index contributed by atoms with van der Waals surface area (Å²) in [5, 5.41) is 9.41. The van der Waals surface area contributed by atoms with E-state index in [-0.39, 0.29) is 12.0 Å². The predicted octanol–water partition coefficient (Wildman–Crippen LogP) is 1.23. The summed E-state index contributed by atoms with van der Waals surface area (Å²) in [4.78, 5) is 13.6. The number of hydrogen-bond acceptors (Lipinski definition) is 3. The summed E-state index contributed by atoms with van der Waals surface area (Å²) in [6, 6.07) is 5.96. The van der Waals surface area contributed by atoms with Crippen LogP contribution < -0.4 is 4.74 Å². The van der Waals surface area contributed by atoms with E-state index in [9.17, 15) is 9.90 Å². The van der Waals surface area contributed by atoms with Gasteiger partial charge in [-0.3, -0.25) is 4.79 Å². The van der Waals surface area contributed by atoms with Crippen LogP contribution in [0.1, 0.15) is 17.5 Å². The Kier molecular flexibility index (Phi) is 3.25. The minimum atomic E-state index is -0.366. The Morgan fingerprint density at radius 3 is 3.16 bits per heavy atom. The van der Waals surface area contributed by atoms with Crippen molar-refractivity contribution in [1.29, 1.82) is 0 Å². The third-order valence-corrected chi connectivity index (χ3v) is 3.61. The summed E-state index contributed by atoms with van der Waals surface area (Å²) in [6.45, 7) is 1.83. The molecule has 2 heterocycles. The van der Waals surface area contributed by atoms with Crippen molar-refractivity contribution in [2.75, 3.05) is 19.7 Å². The first-order valence-corrected chi connectivity index (χ1v) is 6.63. The maximum Gasteiger partial charge on any atom is 0.246 e. The van der Waals surface area contributed by atoms with Gasteiger partial charge in [0.2, 0.25) is 5.91 Å². The van der Waals surface area contributed by atoms with Crippen LogP contribution in [0, 0.1) is 0 Å². The van der Waals surface area contributed by atoms with E-state index in [0.717, 1.165) is 24.3 Å². The molecule has 4 nitrogen and oxygen atoms in total. The Bertz CT molecular complexity index is 524. The first-order chi connectivity index (χ1) is 9.22. The number of aliphatic hydroxyl groups excluding tert-OH is 1. The fourth-order valence-electron chi connectivity index (χ4n) is 2.53. The Labute approximate surface area is 112 Å². The molecule has 0 bridgehead atoms. The molecule has 1 saturated heterocycles. The zero-order chi connectivity index (χ0) is 13.2. The van der Waals surface area contributed by atoms with Crippen molar-refractivity contribution >= 4 is 12.0 Å². The summed E-state index contributed by atoms with van der Waals surface area (Å²) in [5.41, 5.74) is 2.21. The zero-order valence-corrected chi connectivity index (χ0v) is 10.7. The number of benzene rings is 1. The van der Waals surface area contributed by atoms with E-state index in [4.69, 9.17) is 4.74 Å². The maximum absolute atomic E-state index is 11.9. The Morgan fingerprint density at radius 1 is 1.47 bits per heavy atom. The second kappa shape index (κ2) is 5.05. The van der Waals surface area contributed by atoms with Crippen LogP contribution in [-0.2, 0) is 11.2 Å². The summed E-state index contributed by atoms with van der Waals surface area (Å²) >= 11 is 0. The number of aliphatic hydroxyl groups is 1. The molecular weight excluding hydrogens is 242 g/mol. The Hall–Kier alpha value is -1.81. The summed E-state index contributed by atoms with van der Waals surface area (Å²) in [6.07, 6.45) is 4.65. The van der Waals surface area contributed by atoms with Crippen LogP contribution >= 0.6 is 0 Å². The van der Waals surface area contributed by atoms with Crippen molar-refractivity contribution in [3.05, 3.63) is 35.4 Å². The van der Waals surface area contributed by atoms with Crippen LogP contribution in [-0.4, -0.2) is 41.7 Å². The second-order valence-electron chi connectivity index (χ2n) is 5.03. The van der Waals surface area contributed by atoms with E-state index in [0.29, 0.717) is 19.5 Å². The standard InChI is InChI=1S/C15H17NO3/c17-13-5-7-16(10-13)15(18)4-2-11-1-3-14-12(9-11)6-8-19-14/h1-4,9,13,17H,5-8,10H2/t13-/m0/s1. The fourth-order valence-corrected chi connectivity index (χ4v) is 2.53. The van der Waals surface area contributed by atoms with Gasteiger partial charge in [0.05, 0.1) is 12.7 Å². The molecule has 1 aromatic rings. The molecule has 0 unspecified atom stereocenters. The zero-order valence-electron chi connectivity index (χ0n) is 10.7. The molecule has 4 heteroatoms. The number of carbonyl (C=O) groups is 1. The average molecular weight is 259 g/mol. The van der Waals surface area contributed by atoms with E-state index in [2.05, 4.69) is 6.07 Å². The maximum atomic E-state index is 11.9. The van der Waals surface area contributed by atoms with E-state index in [1.54, 1.807) is 11.0 Å². The predicted molar refractivity (Wildman–Crippen MR) is 71.9 cm³/mol. The highest BCUT2D eigenvalue weighted by Gasteiger charge is 2.22. The van der Waals surface area contributed by atoms with Gasteiger partial charge < -0.3 is 14.7 Å². The molecule has 0 aromatic heterocycles. The first-order valence-electron chi connectivity index (χ1n) is 6.63. The molecule has 1 N–H and O–H groups in total. The van der Waals surface area contributed by atoms with E-state index in [1.165, 1.54) is 5.56 Å². The fraction of sp³-hybridized carbons (Fsp3) is 0.400. The molecule has 2 aliphatic rings. The van der Waals surface area contributed by atoms with Gasteiger partial charge in [-0.25, -0.2) is 0 Å². The number of likely N-dealkylation sites (tertiary alicyclic amines) is 1. The summed E-state index contributed by atoms with van der Waals surface area (Å²) in [5.74, 6) is 0.916. The number of fused-ring (bicyclic) bond motifs is 1. The molecule has 0 spiro atoms. The van der Waals surface area contributed by atoms with Crippen LogP contribution in [0.25, 0.3) is 6.08 Å². The number of β-amino-alcohol motifs (C(OH)–C–C–N with tert-alkyl or cyclic N) is 1. The number of ether oxygens (including phenoxy) is 1. The van der Waals surface area contributed by atoms with E-state index >= 15 is 0 Å². The van der Waals surface area contributed by atoms with Crippen molar-refractivity contribution in [2.45, 2.75) is 18.9 Å². The number of hydrogen-bond donors (Lipinski definition) is 1. The smallest absolute Gasteiger partial charge is 0.246 e. The van der Waals surface area contributed by atoms with Gasteiger partial charge in [0.15, 0.2) is 0 Å². The third kappa shape index (κ3) is 2.63. The summed E-state index contributed by atoms with van der Waals surface area (Å²) in [7, 11) is 0. The molecule has 0 aliphatic carbocycles. The highest BCUT2D eigenvalue weighted by atomic mass is 16.5. The average Bonchev–Trinajstić information content (AvgIpc) is 3.03. The number of carbonyl (C=O) groups excluding carboxylic acids is 1. The topological polar surface area (TPSA) is 49.8 Å².